The normalized spacial score (nSPS) is 6.00. The summed E-state index contributed by atoms with van der Waals surface area (Å²) >= 11 is 0. The molecular weight excluding hydrogens is 88.1 g/mol. The lowest BCUT2D eigenvalue weighted by Gasteiger charge is -1.79. The molecule has 0 spiro atoms. The number of aliphatic hydroxyl groups is 1. The van der Waals surface area contributed by atoms with Gasteiger partial charge in [-0.3, -0.25) is 0 Å². The Morgan fingerprint density at radius 1 is 1.00 bits per heavy atom. The van der Waals surface area contributed by atoms with Crippen LogP contribution in [0.25, 0.3) is 0 Å². The third-order valence-corrected chi connectivity index (χ3v) is 0. The Morgan fingerprint density at radius 2 is 1.00 bits per heavy atom. The van der Waals surface area contributed by atoms with Gasteiger partial charge in [0.2, 0.25) is 0 Å². The Balaban J connectivity index is -0.0000000480. The van der Waals surface area contributed by atoms with Gasteiger partial charge in [-0.15, -0.1) is 0 Å². The quantitative estimate of drug-likeness (QED) is 0.500. The van der Waals surface area contributed by atoms with Crippen molar-refractivity contribution in [2.45, 2.75) is 28.2 Å². The second-order valence-corrected chi connectivity index (χ2v) is 1.73. The van der Waals surface area contributed by atoms with E-state index in [0.717, 1.165) is 13.0 Å². The Morgan fingerprint density at radius 3 is 1.00 bits per heavy atom. The van der Waals surface area contributed by atoms with Gasteiger partial charge in [-0.25, -0.2) is 0 Å². The van der Waals surface area contributed by atoms with Crippen LogP contribution in [0.3, 0.4) is 0 Å². The molecule has 0 amide bonds. The molecule has 0 atom stereocenters. The van der Waals surface area contributed by atoms with Gasteiger partial charge in [0.05, 0.1) is 0 Å². The summed E-state index contributed by atoms with van der Waals surface area (Å²) < 4.78 is 0. The van der Waals surface area contributed by atoms with Crippen LogP contribution in [-0.4, -0.2) is 12.2 Å². The monoisotopic (exact) mass is 106 g/mol. The first-order valence-corrected chi connectivity index (χ1v) is 2.18. The van der Waals surface area contributed by atoms with E-state index < -0.39 is 0 Å². The molecule has 1 heteroatoms. The van der Waals surface area contributed by atoms with Crippen molar-refractivity contribution in [3.8, 4) is 0 Å². The van der Waals surface area contributed by atoms with E-state index in [1.807, 2.05) is 0 Å². The van der Waals surface area contributed by atoms with E-state index in [1.165, 1.54) is 0 Å². The van der Waals surface area contributed by atoms with E-state index in [9.17, 15) is 0 Å². The molecule has 1 N–H and O–H groups in total. The lowest BCUT2D eigenvalue weighted by molar-refractivity contribution is 0.399. The fourth-order valence-electron chi connectivity index (χ4n) is 0. The fraction of sp³-hybridized carbons (Fsp3) is 1.00. The van der Waals surface area contributed by atoms with Crippen molar-refractivity contribution in [2.75, 3.05) is 7.11 Å². The summed E-state index contributed by atoms with van der Waals surface area (Å²) in [6.45, 7) is 6.50. The Bertz CT molecular complexity index is 8.90. The summed E-state index contributed by atoms with van der Waals surface area (Å²) in [5.41, 5.74) is 0. The van der Waals surface area contributed by atoms with E-state index in [0.29, 0.717) is 0 Å². The minimum Gasteiger partial charge on any atom is -0.400 e. The summed E-state index contributed by atoms with van der Waals surface area (Å²) in [5.74, 6) is 0.833. The Hall–Kier alpha value is -0.0400. The van der Waals surface area contributed by atoms with Gasteiger partial charge in [-0.2, -0.15) is 0 Å². The number of aliphatic hydroxyl groups excluding tert-OH is 1. The molecule has 0 aromatic heterocycles. The predicted octanol–water partition coefficient (Wildman–Crippen LogP) is 1.91. The van der Waals surface area contributed by atoms with E-state index in [4.69, 9.17) is 5.11 Å². The first kappa shape index (κ1) is 15.8. The molecule has 0 aromatic rings. The lowest BCUT2D eigenvalue weighted by atomic mass is 10.3. The van der Waals surface area contributed by atoms with Gasteiger partial charge in [-0.05, 0) is 5.92 Å². The topological polar surface area (TPSA) is 20.2 Å². The van der Waals surface area contributed by atoms with Crippen LogP contribution in [0.1, 0.15) is 28.2 Å². The average molecular weight is 106 g/mol. The number of hydrogen-bond donors (Lipinski definition) is 1. The first-order chi connectivity index (χ1) is 2.73. The van der Waals surface area contributed by atoms with Gasteiger partial charge < -0.3 is 5.11 Å². The molecule has 0 aliphatic rings. The van der Waals surface area contributed by atoms with E-state index >= 15 is 0 Å². The van der Waals surface area contributed by atoms with Crippen molar-refractivity contribution in [2.24, 2.45) is 5.92 Å². The van der Waals surface area contributed by atoms with Crippen LogP contribution < -0.4 is 0 Å². The second-order valence-electron chi connectivity index (χ2n) is 1.73. The van der Waals surface area contributed by atoms with Crippen LogP contribution in [0.15, 0.2) is 0 Å². The molecule has 0 radical (unpaired) electrons. The summed E-state index contributed by atoms with van der Waals surface area (Å²) in [5, 5.41) is 7.00. The van der Waals surface area contributed by atoms with Crippen molar-refractivity contribution < 1.29 is 5.11 Å². The van der Waals surface area contributed by atoms with E-state index in [-0.39, 0.29) is 7.43 Å². The maximum Gasteiger partial charge on any atom is 0.0319 e. The maximum absolute atomic E-state index is 7.00. The summed E-state index contributed by atoms with van der Waals surface area (Å²) in [6.07, 6.45) is 0. The second kappa shape index (κ2) is 16.7. The third kappa shape index (κ3) is 58400. The van der Waals surface area contributed by atoms with Crippen LogP contribution in [0.2, 0.25) is 0 Å². The number of rotatable bonds is 0. The number of hydrogen-bond acceptors (Lipinski definition) is 1. The highest BCUT2D eigenvalue weighted by molar-refractivity contribution is 4.20. The minimum atomic E-state index is 0. The zero-order chi connectivity index (χ0) is 5.58. The molecule has 0 heterocycles. The van der Waals surface area contributed by atoms with Crippen LogP contribution in [-0.2, 0) is 0 Å². The van der Waals surface area contributed by atoms with Gasteiger partial charge in [0.15, 0.2) is 0 Å². The van der Waals surface area contributed by atoms with Crippen LogP contribution in [0.5, 0.6) is 0 Å². The maximum atomic E-state index is 7.00. The largest absolute Gasteiger partial charge is 0.400 e. The molecule has 0 fully saturated rings. The standard InChI is InChI=1S/C4H10.CH4O.CH4/c1-4(2)3;1-2;/h4H,1-3H3;2H,1H3;1H4. The minimum absolute atomic E-state index is 0. The SMILES string of the molecule is C.CC(C)C.CO. The summed E-state index contributed by atoms with van der Waals surface area (Å²) in [6, 6.07) is 0. The van der Waals surface area contributed by atoms with Gasteiger partial charge >= 0.3 is 0 Å². The molecule has 0 aromatic carbocycles. The van der Waals surface area contributed by atoms with E-state index in [1.54, 1.807) is 0 Å². The molecule has 0 saturated heterocycles. The smallest absolute Gasteiger partial charge is 0.0319 e. The molecule has 0 aliphatic heterocycles. The van der Waals surface area contributed by atoms with Crippen molar-refractivity contribution in [3.05, 3.63) is 0 Å². The van der Waals surface area contributed by atoms with E-state index in [2.05, 4.69) is 20.8 Å². The van der Waals surface area contributed by atoms with Crippen LogP contribution in [0.4, 0.5) is 0 Å². The molecule has 0 rings (SSSR count). The highest BCUT2D eigenvalue weighted by Gasteiger charge is 1.68. The van der Waals surface area contributed by atoms with Crippen molar-refractivity contribution in [1.82, 2.24) is 0 Å². The zero-order valence-electron chi connectivity index (χ0n) is 5.02. The summed E-state index contributed by atoms with van der Waals surface area (Å²) in [7, 11) is 1.00. The molecule has 48 valence electrons. The van der Waals surface area contributed by atoms with Crippen molar-refractivity contribution in [3.63, 3.8) is 0 Å². The summed E-state index contributed by atoms with van der Waals surface area (Å²) in [4.78, 5) is 0. The van der Waals surface area contributed by atoms with Gasteiger partial charge in [0, 0.05) is 7.11 Å². The molecule has 7 heavy (non-hydrogen) atoms. The molecular formula is C6H18O. The van der Waals surface area contributed by atoms with Gasteiger partial charge in [-0.1, -0.05) is 28.2 Å². The van der Waals surface area contributed by atoms with Crippen molar-refractivity contribution >= 4 is 0 Å². The van der Waals surface area contributed by atoms with Crippen molar-refractivity contribution in [1.29, 1.82) is 0 Å². The molecule has 0 aliphatic carbocycles. The molecule has 1 nitrogen and oxygen atoms in total. The zero-order valence-corrected chi connectivity index (χ0v) is 5.02. The van der Waals surface area contributed by atoms with Crippen LogP contribution >= 0.6 is 0 Å². The molecule has 0 unspecified atom stereocenters. The van der Waals surface area contributed by atoms with Gasteiger partial charge in [0.25, 0.3) is 0 Å². The van der Waals surface area contributed by atoms with Crippen LogP contribution in [0, 0.1) is 5.92 Å². The predicted molar refractivity (Wildman–Crippen MR) is 35.4 cm³/mol. The Labute approximate surface area is 47.4 Å². The first-order valence-electron chi connectivity index (χ1n) is 2.18. The average Bonchev–Trinajstić information content (AvgIpc) is 1.41. The third-order valence-electron chi connectivity index (χ3n) is 0. The Kier molecular flexibility index (Phi) is 37.7. The molecule has 0 saturated carbocycles. The molecule has 0 bridgehead atoms. The lowest BCUT2D eigenvalue weighted by Crippen LogP contribution is -1.66. The fourth-order valence-corrected chi connectivity index (χ4v) is 0. The van der Waals surface area contributed by atoms with Gasteiger partial charge in [0.1, 0.15) is 0 Å². The highest BCUT2D eigenvalue weighted by Crippen LogP contribution is 1.81. The highest BCUT2D eigenvalue weighted by atomic mass is 16.2.